The van der Waals surface area contributed by atoms with Gasteiger partial charge in [0, 0.05) is 30.7 Å². The third-order valence-electron chi connectivity index (χ3n) is 12.9. The lowest BCUT2D eigenvalue weighted by Crippen LogP contribution is -2.54. The van der Waals surface area contributed by atoms with Gasteiger partial charge in [-0.05, 0) is 126 Å². The maximum atomic E-state index is 14.7. The van der Waals surface area contributed by atoms with Crippen molar-refractivity contribution in [1.82, 2.24) is 24.1 Å². The minimum absolute atomic E-state index is 0.0423. The summed E-state index contributed by atoms with van der Waals surface area (Å²) in [5.74, 6) is 0.175. The van der Waals surface area contributed by atoms with Crippen LogP contribution < -0.4 is 4.72 Å². The Morgan fingerprint density at radius 3 is 2.39 bits per heavy atom. The fourth-order valence-corrected chi connectivity index (χ4v) is 11.0. The zero-order chi connectivity index (χ0) is 35.8. The number of likely N-dealkylation sites (tertiary alicyclic amines) is 2. The van der Waals surface area contributed by atoms with Crippen LogP contribution in [0.4, 0.5) is 4.39 Å². The number of carbonyl (C=O) groups is 2. The molecule has 4 fully saturated rings. The highest BCUT2D eigenvalue weighted by Crippen LogP contribution is 2.67. The Kier molecular flexibility index (Phi) is 8.18. The molecule has 2 aliphatic carbocycles. The SMILES string of the molecule is Cc1nc2ccccc2n1[C@@H]1C[C@@H]2CCC23[C@H](C1)N3CCC1(c2cccc(F)c2)CCN(C(=O)C(C)(C)C(=O)NS(=O)(=O)c2ccccc2)CC1. The molecular formula is C40H46FN5O4S. The average molecular weight is 712 g/mol. The number of hydrogen-bond acceptors (Lipinski definition) is 6. The first-order chi connectivity index (χ1) is 24.4. The van der Waals surface area contributed by atoms with Gasteiger partial charge in [0.1, 0.15) is 17.1 Å². The number of sulfonamides is 1. The molecule has 11 heteroatoms. The number of aryl methyl sites for hydroxylation is 1. The number of imidazole rings is 1. The molecule has 2 unspecified atom stereocenters. The summed E-state index contributed by atoms with van der Waals surface area (Å²) in [4.78, 5) is 36.4. The topological polar surface area (TPSA) is 104 Å². The van der Waals surface area contributed by atoms with Gasteiger partial charge in [0.2, 0.25) is 11.8 Å². The van der Waals surface area contributed by atoms with Crippen molar-refractivity contribution in [3.05, 3.63) is 96.1 Å². The van der Waals surface area contributed by atoms with Gasteiger partial charge in [-0.1, -0.05) is 42.5 Å². The first kappa shape index (κ1) is 34.0. The van der Waals surface area contributed by atoms with Crippen molar-refractivity contribution in [3.63, 3.8) is 0 Å². The molecule has 268 valence electrons. The number of hydrogen-bond donors (Lipinski definition) is 1. The van der Waals surface area contributed by atoms with E-state index in [0.717, 1.165) is 42.7 Å². The normalized spacial score (nSPS) is 26.9. The molecule has 1 spiro atoms. The fourth-order valence-electron chi connectivity index (χ4n) is 9.85. The minimum Gasteiger partial charge on any atom is -0.342 e. The van der Waals surface area contributed by atoms with Gasteiger partial charge in [0.25, 0.3) is 10.0 Å². The van der Waals surface area contributed by atoms with Gasteiger partial charge in [-0.15, -0.1) is 0 Å². The molecule has 1 aromatic heterocycles. The van der Waals surface area contributed by atoms with Crippen molar-refractivity contribution in [2.24, 2.45) is 11.3 Å². The van der Waals surface area contributed by atoms with Gasteiger partial charge in [-0.2, -0.15) is 0 Å². The van der Waals surface area contributed by atoms with E-state index in [1.54, 1.807) is 35.2 Å². The summed E-state index contributed by atoms with van der Waals surface area (Å²) < 4.78 is 45.1. The molecule has 0 radical (unpaired) electrons. The molecule has 3 heterocycles. The number of halogens is 1. The average Bonchev–Trinajstić information content (AvgIpc) is 3.67. The van der Waals surface area contributed by atoms with Crippen LogP contribution in [0.5, 0.6) is 0 Å². The van der Waals surface area contributed by atoms with Crippen LogP contribution in [0.3, 0.4) is 0 Å². The standard InChI is InChI=1S/C40H46FN5O4S/c1-27-42-33-14-7-8-15-34(33)46(27)31-25-29-16-17-40(29)35(26-31)45(40)23-20-39(28-10-9-11-30(41)24-28)18-21-44(22-19-39)37(48)38(2,3)36(47)43-51(49,50)32-12-5-4-6-13-32/h4-15,24,29,31,35H,16-23,25-26H2,1-3H3,(H,43,47)/t29-,31+,35-,40?,45?/m0/s1. The van der Waals surface area contributed by atoms with Crippen molar-refractivity contribution >= 4 is 32.9 Å². The van der Waals surface area contributed by atoms with Crippen molar-refractivity contribution < 1.29 is 22.4 Å². The largest absolute Gasteiger partial charge is 0.342 e. The highest BCUT2D eigenvalue weighted by molar-refractivity contribution is 7.90. The first-order valence-electron chi connectivity index (χ1n) is 18.2. The van der Waals surface area contributed by atoms with Crippen LogP contribution in [-0.2, 0) is 25.0 Å². The maximum absolute atomic E-state index is 14.7. The maximum Gasteiger partial charge on any atom is 0.264 e. The highest BCUT2D eigenvalue weighted by atomic mass is 32.2. The Balaban J connectivity index is 0.969. The van der Waals surface area contributed by atoms with Crippen LogP contribution >= 0.6 is 0 Å². The number of piperidine rings is 1. The molecule has 4 aliphatic rings. The molecule has 2 saturated heterocycles. The van der Waals surface area contributed by atoms with Crippen molar-refractivity contribution in [1.29, 1.82) is 0 Å². The molecule has 4 aromatic rings. The molecule has 2 saturated carbocycles. The van der Waals surface area contributed by atoms with E-state index in [4.69, 9.17) is 4.98 Å². The summed E-state index contributed by atoms with van der Waals surface area (Å²) in [6, 6.07) is 23.9. The number of rotatable bonds is 9. The zero-order valence-electron chi connectivity index (χ0n) is 29.5. The predicted molar refractivity (Wildman–Crippen MR) is 193 cm³/mol. The van der Waals surface area contributed by atoms with Crippen LogP contribution in [0.15, 0.2) is 83.8 Å². The molecule has 3 aromatic carbocycles. The van der Waals surface area contributed by atoms with Gasteiger partial charge in [-0.25, -0.2) is 22.5 Å². The first-order valence-corrected chi connectivity index (χ1v) is 19.7. The summed E-state index contributed by atoms with van der Waals surface area (Å²) in [7, 11) is -4.13. The molecule has 2 amide bonds. The smallest absolute Gasteiger partial charge is 0.264 e. The molecule has 9 nitrogen and oxygen atoms in total. The van der Waals surface area contributed by atoms with E-state index in [1.807, 2.05) is 12.1 Å². The third kappa shape index (κ3) is 5.58. The van der Waals surface area contributed by atoms with Gasteiger partial charge in [-0.3, -0.25) is 14.5 Å². The van der Waals surface area contributed by atoms with E-state index in [1.165, 1.54) is 50.4 Å². The lowest BCUT2D eigenvalue weighted by molar-refractivity contribution is -0.149. The van der Waals surface area contributed by atoms with Crippen LogP contribution in [-0.4, -0.2) is 70.8 Å². The Bertz CT molecular complexity index is 2110. The number of para-hydroxylation sites is 2. The number of benzene rings is 3. The van der Waals surface area contributed by atoms with Crippen LogP contribution in [0.2, 0.25) is 0 Å². The minimum atomic E-state index is -4.13. The number of nitrogens with one attached hydrogen (secondary N) is 1. The van der Waals surface area contributed by atoms with Crippen molar-refractivity contribution in [3.8, 4) is 0 Å². The quantitative estimate of drug-likeness (QED) is 0.166. The summed E-state index contributed by atoms with van der Waals surface area (Å²) in [6.45, 7) is 6.75. The number of aromatic nitrogens is 2. The molecule has 1 N–H and O–H groups in total. The molecule has 51 heavy (non-hydrogen) atoms. The van der Waals surface area contributed by atoms with E-state index in [9.17, 15) is 22.4 Å². The van der Waals surface area contributed by atoms with Crippen molar-refractivity contribution in [2.75, 3.05) is 19.6 Å². The highest BCUT2D eigenvalue weighted by Gasteiger charge is 2.72. The number of nitrogens with zero attached hydrogens (tertiary/aromatic N) is 4. The van der Waals surface area contributed by atoms with Crippen LogP contribution in [0.1, 0.15) is 76.2 Å². The second-order valence-corrected chi connectivity index (χ2v) is 17.5. The second-order valence-electron chi connectivity index (χ2n) is 15.8. The Hall–Kier alpha value is -4.09. The molecule has 8 rings (SSSR count). The summed E-state index contributed by atoms with van der Waals surface area (Å²) in [6.07, 6.45) is 6.84. The summed E-state index contributed by atoms with van der Waals surface area (Å²) >= 11 is 0. The van der Waals surface area contributed by atoms with Gasteiger partial charge in [0.05, 0.1) is 15.9 Å². The predicted octanol–water partition coefficient (Wildman–Crippen LogP) is 6.13. The molecule has 5 atom stereocenters. The summed E-state index contributed by atoms with van der Waals surface area (Å²) in [5.41, 5.74) is 1.55. The van der Waals surface area contributed by atoms with E-state index in [0.29, 0.717) is 43.9 Å². The van der Waals surface area contributed by atoms with Crippen LogP contribution in [0, 0.1) is 24.1 Å². The third-order valence-corrected chi connectivity index (χ3v) is 14.2. The number of amides is 2. The zero-order valence-corrected chi connectivity index (χ0v) is 30.3. The Morgan fingerprint density at radius 1 is 0.961 bits per heavy atom. The van der Waals surface area contributed by atoms with E-state index >= 15 is 0 Å². The Labute approximate surface area is 299 Å². The summed E-state index contributed by atoms with van der Waals surface area (Å²) in [5, 5.41) is 0. The van der Waals surface area contributed by atoms with E-state index < -0.39 is 27.3 Å². The monoisotopic (exact) mass is 711 g/mol. The van der Waals surface area contributed by atoms with E-state index in [2.05, 4.69) is 39.3 Å². The second kappa shape index (κ2) is 12.3. The van der Waals surface area contributed by atoms with Gasteiger partial charge in [0.15, 0.2) is 0 Å². The lowest BCUT2D eigenvalue weighted by atomic mass is 9.63. The Morgan fingerprint density at radius 2 is 1.69 bits per heavy atom. The van der Waals surface area contributed by atoms with Crippen molar-refractivity contribution in [2.45, 2.75) is 93.7 Å². The van der Waals surface area contributed by atoms with E-state index in [-0.39, 0.29) is 21.7 Å². The lowest BCUT2D eigenvalue weighted by Gasteiger charge is -2.45. The van der Waals surface area contributed by atoms with Gasteiger partial charge >= 0.3 is 0 Å². The van der Waals surface area contributed by atoms with Crippen LogP contribution in [0.25, 0.3) is 11.0 Å². The molecule has 2 aliphatic heterocycles. The number of carbonyl (C=O) groups excluding carboxylic acids is 2. The van der Waals surface area contributed by atoms with Gasteiger partial charge < -0.3 is 9.47 Å². The molecule has 0 bridgehead atoms. The number of fused-ring (bicyclic) bond motifs is 1. The fraction of sp³-hybridized carbons (Fsp3) is 0.475. The molecular weight excluding hydrogens is 666 g/mol.